The van der Waals surface area contributed by atoms with Gasteiger partial charge in [0, 0.05) is 40.8 Å². The van der Waals surface area contributed by atoms with E-state index in [1.807, 2.05) is 0 Å². The predicted octanol–water partition coefficient (Wildman–Crippen LogP) is -0.962. The molecule has 0 rings (SSSR count). The van der Waals surface area contributed by atoms with Crippen LogP contribution >= 0.6 is 0 Å². The second-order valence-electron chi connectivity index (χ2n) is 0. The van der Waals surface area contributed by atoms with E-state index in [2.05, 4.69) is 0 Å². The zero-order chi connectivity index (χ0) is 2.00. The van der Waals surface area contributed by atoms with Gasteiger partial charge in [0.15, 0.2) is 0 Å². The summed E-state index contributed by atoms with van der Waals surface area (Å²) in [4.78, 5) is 0. The fraction of sp³-hybridized carbons (Fsp3) is 0. The van der Waals surface area contributed by atoms with Crippen molar-refractivity contribution in [1.29, 1.82) is 0 Å². The van der Waals surface area contributed by atoms with Crippen molar-refractivity contribution in [3.05, 3.63) is 0 Å². The van der Waals surface area contributed by atoms with Gasteiger partial charge in [-0.15, -0.1) is 0 Å². The Kier molecular flexibility index (Phi) is 141. The van der Waals surface area contributed by atoms with Gasteiger partial charge in [-0.2, -0.15) is 0 Å². The molecule has 0 heterocycles. The Labute approximate surface area is 55.7 Å². The maximum atomic E-state index is 8.50. The minimum absolute atomic E-state index is 0. The average Bonchev–Trinajstić information content (AvgIpc) is 1.00. The van der Waals surface area contributed by atoms with Crippen molar-refractivity contribution in [2.24, 2.45) is 0 Å². The van der Waals surface area contributed by atoms with Crippen LogP contribution in [0.5, 0.6) is 0 Å². The molecule has 0 spiro atoms. The zero-order valence-corrected chi connectivity index (χ0v) is 5.03. The fourth-order valence-electron chi connectivity index (χ4n) is 0. The van der Waals surface area contributed by atoms with Crippen LogP contribution in [0.25, 0.3) is 0 Å². The van der Waals surface area contributed by atoms with Gasteiger partial charge in [-0.05, 0) is 0 Å². The Morgan fingerprint density at radius 2 is 1.25 bits per heavy atom. The number of rotatable bonds is 0. The van der Waals surface area contributed by atoms with Crippen molar-refractivity contribution < 1.29 is 56.2 Å². The molecule has 26 valence electrons. The van der Waals surface area contributed by atoms with Crippen LogP contribution in [0.3, 0.4) is 0 Å². The van der Waals surface area contributed by atoms with Gasteiger partial charge in [0.1, 0.15) is 0 Å². The molecule has 0 unspecified atom stereocenters. The summed E-state index contributed by atoms with van der Waals surface area (Å²) in [5.74, 6) is 0. The third-order valence-corrected chi connectivity index (χ3v) is 0. The zero-order valence-electron chi connectivity index (χ0n) is 1.83. The first-order chi connectivity index (χ1) is 1.00. The van der Waals surface area contributed by atoms with Crippen LogP contribution in [-0.2, 0) is 0 Å². The van der Waals surface area contributed by atoms with E-state index < -0.39 is 0 Å². The van der Waals surface area contributed by atoms with E-state index in [-0.39, 0.29) is 46.3 Å². The molecule has 0 aliphatic heterocycles. The minimum Gasteiger partial charge on any atom is -0.412 e. The number of hydrogen-bond donors (Lipinski definition) is 1. The summed E-state index contributed by atoms with van der Waals surface area (Å²) in [6.45, 7) is 0. The van der Waals surface area contributed by atoms with Gasteiger partial charge in [0.2, 0.25) is 0 Å². The summed E-state index contributed by atoms with van der Waals surface area (Å²) in [6, 6.07) is 0. The van der Waals surface area contributed by atoms with Crippen LogP contribution in [-0.4, -0.2) is 10.8 Å². The minimum atomic E-state index is 0. The Bertz CT molecular complexity index is 6.00. The van der Waals surface area contributed by atoms with Crippen LogP contribution in [0.15, 0.2) is 0 Å². The molecule has 0 radical (unpaired) electrons. The molecule has 0 aromatic carbocycles. The molecule has 4 heavy (non-hydrogen) atoms. The summed E-state index contributed by atoms with van der Waals surface area (Å²) in [5, 5.41) is 5.50. The molecule has 0 aliphatic carbocycles. The Hall–Kier alpha value is 1.20. The van der Waals surface area contributed by atoms with E-state index in [1.165, 1.54) is 0 Å². The first-order valence-electron chi connectivity index (χ1n) is 0.169. The summed E-state index contributed by atoms with van der Waals surface area (Å²) >= 11 is 0. The average molecular weight is 198 g/mol. The second kappa shape index (κ2) is 29.9. The van der Waals surface area contributed by atoms with E-state index >= 15 is 0 Å². The van der Waals surface area contributed by atoms with Gasteiger partial charge in [0.05, 0.1) is 0 Å². The molecule has 0 saturated carbocycles. The third kappa shape index (κ3) is 10.8. The molecule has 4 heteroatoms. The van der Waals surface area contributed by atoms with Gasteiger partial charge in [-0.1, -0.05) is 4.53 Å². The van der Waals surface area contributed by atoms with Crippen LogP contribution in [0, 0.1) is 40.8 Å². The second-order valence-corrected chi connectivity index (χ2v) is 0. The summed E-state index contributed by atoms with van der Waals surface area (Å²) in [6.07, 6.45) is 0. The van der Waals surface area contributed by atoms with Crippen LogP contribution in [0.2, 0.25) is 0 Å². The maximum absolute atomic E-state index is 8.50. The molecule has 2 nitrogen and oxygen atoms in total. The van der Waals surface area contributed by atoms with Crippen molar-refractivity contribution >= 4 is 0 Å². The molecule has 0 fully saturated rings. The largest absolute Gasteiger partial charge is 0.412 e. The maximum Gasteiger partial charge on any atom is 0 e. The van der Waals surface area contributed by atoms with E-state index in [4.69, 9.17) is 9.84 Å². The van der Waals surface area contributed by atoms with Gasteiger partial charge in [-0.25, -0.2) is 5.31 Å². The molecule has 0 amide bonds. The summed E-state index contributed by atoms with van der Waals surface area (Å²) < 4.78 is 8.50. The molecular weight excluding hydrogens is 195 g/mol. The Balaban J connectivity index is -0.00000000500. The molecule has 0 bridgehead atoms. The van der Waals surface area contributed by atoms with Gasteiger partial charge in [-0.3, -0.25) is 0 Å². The molecular formula is H3FNdO2. The van der Waals surface area contributed by atoms with Crippen LogP contribution in [0.4, 0.5) is 4.53 Å². The Morgan fingerprint density at radius 1 is 1.25 bits per heavy atom. The van der Waals surface area contributed by atoms with Crippen LogP contribution in [0.1, 0.15) is 0 Å². The van der Waals surface area contributed by atoms with Gasteiger partial charge >= 0.3 is 0 Å². The molecule has 0 aromatic heterocycles. The topological polar surface area (TPSA) is 51.7 Å². The third-order valence-electron chi connectivity index (χ3n) is 0. The Morgan fingerprint density at radius 3 is 1.25 bits per heavy atom. The fourth-order valence-corrected chi connectivity index (χ4v) is 0. The molecule has 0 aliphatic rings. The van der Waals surface area contributed by atoms with E-state index in [1.54, 1.807) is 0 Å². The van der Waals surface area contributed by atoms with Gasteiger partial charge in [0.25, 0.3) is 0 Å². The standard InChI is InChI=1S/FHO.Nd.H2O/c1-2;;/h2H;;1H2. The van der Waals surface area contributed by atoms with Crippen molar-refractivity contribution in [3.63, 3.8) is 0 Å². The van der Waals surface area contributed by atoms with E-state index in [9.17, 15) is 0 Å². The summed E-state index contributed by atoms with van der Waals surface area (Å²) in [5.41, 5.74) is 0. The normalized spacial score (nSPS) is 1.50. The monoisotopic (exact) mass is 196 g/mol. The van der Waals surface area contributed by atoms with Crippen molar-refractivity contribution in [2.45, 2.75) is 0 Å². The van der Waals surface area contributed by atoms with E-state index in [0.717, 1.165) is 0 Å². The van der Waals surface area contributed by atoms with Gasteiger partial charge < -0.3 is 5.48 Å². The van der Waals surface area contributed by atoms with Crippen LogP contribution < -0.4 is 0 Å². The molecule has 3 N–H and O–H groups in total. The smallest absolute Gasteiger partial charge is 0 e. The molecule has 0 atom stereocenters. The SMILES string of the molecule is O.OF.[Nd]. The van der Waals surface area contributed by atoms with Crippen molar-refractivity contribution in [3.8, 4) is 0 Å². The quantitative estimate of drug-likeness (QED) is 0.535. The first-order valence-corrected chi connectivity index (χ1v) is 0.169. The first kappa shape index (κ1) is 18.9. The van der Waals surface area contributed by atoms with Crippen molar-refractivity contribution in [2.75, 3.05) is 0 Å². The summed E-state index contributed by atoms with van der Waals surface area (Å²) in [7, 11) is 0. The number of hydrogen-bond acceptors (Lipinski definition) is 1. The molecule has 0 aromatic rings. The van der Waals surface area contributed by atoms with E-state index in [0.29, 0.717) is 0 Å². The predicted molar refractivity (Wildman–Crippen MR) is 6.94 cm³/mol. The number of halogens is 1. The molecule has 0 saturated heterocycles. The van der Waals surface area contributed by atoms with Crippen molar-refractivity contribution in [1.82, 2.24) is 0 Å².